The molecule has 1 fully saturated rings. The van der Waals surface area contributed by atoms with Crippen LogP contribution in [0.4, 0.5) is 19.0 Å². The molecule has 0 spiro atoms. The van der Waals surface area contributed by atoms with Crippen LogP contribution in [0.15, 0.2) is 42.6 Å². The second kappa shape index (κ2) is 8.17. The third-order valence-corrected chi connectivity index (χ3v) is 4.93. The molecule has 0 amide bonds. The highest BCUT2D eigenvalue weighted by atomic mass is 19.4. The van der Waals surface area contributed by atoms with E-state index in [1.54, 1.807) is 0 Å². The molecule has 2 heterocycles. The molecule has 1 aliphatic heterocycles. The minimum absolute atomic E-state index is 0.159. The summed E-state index contributed by atoms with van der Waals surface area (Å²) in [5, 5.41) is 3.21. The Bertz CT molecular complexity index is 724. The predicted molar refractivity (Wildman–Crippen MR) is 97.1 cm³/mol. The van der Waals surface area contributed by atoms with Gasteiger partial charge in [0.1, 0.15) is 11.6 Å². The van der Waals surface area contributed by atoms with Gasteiger partial charge in [-0.05, 0) is 49.6 Å². The zero-order chi connectivity index (χ0) is 19.3. The number of ether oxygens (including phenoxy) is 2. The van der Waals surface area contributed by atoms with Crippen molar-refractivity contribution >= 4 is 5.82 Å². The molecular weight excluding hydrogens is 357 g/mol. The zero-order valence-electron chi connectivity index (χ0n) is 15.2. The molecule has 1 aromatic carbocycles. The monoisotopic (exact) mass is 380 g/mol. The average molecular weight is 380 g/mol. The third-order valence-electron chi connectivity index (χ3n) is 4.93. The molecule has 0 unspecified atom stereocenters. The van der Waals surface area contributed by atoms with E-state index in [1.165, 1.54) is 6.07 Å². The smallest absolute Gasteiger partial charge is 0.417 e. The molecular formula is C20H23F3N2O2. The number of rotatable bonds is 6. The lowest BCUT2D eigenvalue weighted by Gasteiger charge is -2.38. The Morgan fingerprint density at radius 3 is 2.37 bits per heavy atom. The van der Waals surface area contributed by atoms with Crippen molar-refractivity contribution in [2.24, 2.45) is 0 Å². The van der Waals surface area contributed by atoms with E-state index in [1.807, 2.05) is 19.1 Å². The van der Waals surface area contributed by atoms with Crippen molar-refractivity contribution in [3.8, 4) is 5.75 Å². The number of nitrogens with zero attached hydrogens (tertiary/aromatic N) is 1. The van der Waals surface area contributed by atoms with Crippen LogP contribution in [0.25, 0.3) is 0 Å². The minimum atomic E-state index is -4.38. The van der Waals surface area contributed by atoms with Crippen LogP contribution in [0.3, 0.4) is 0 Å². The molecule has 4 nitrogen and oxygen atoms in total. The van der Waals surface area contributed by atoms with Gasteiger partial charge in [0.2, 0.25) is 0 Å². The summed E-state index contributed by atoms with van der Waals surface area (Å²) in [6, 6.07) is 10.4. The molecule has 1 aromatic heterocycles. The molecule has 2 aromatic rings. The van der Waals surface area contributed by atoms with Crippen LogP contribution in [-0.4, -0.2) is 31.3 Å². The van der Waals surface area contributed by atoms with E-state index in [4.69, 9.17) is 9.47 Å². The fraction of sp³-hybridized carbons (Fsp3) is 0.450. The average Bonchev–Trinajstić information content (AvgIpc) is 2.68. The predicted octanol–water partition coefficient (Wildman–Crippen LogP) is 4.66. The van der Waals surface area contributed by atoms with Gasteiger partial charge in [-0.25, -0.2) is 4.98 Å². The third kappa shape index (κ3) is 4.71. The number of aromatic nitrogens is 1. The molecule has 146 valence electrons. The largest absolute Gasteiger partial charge is 0.494 e. The lowest BCUT2D eigenvalue weighted by molar-refractivity contribution is -0.137. The molecule has 0 radical (unpaired) electrons. The van der Waals surface area contributed by atoms with Crippen LogP contribution in [0.2, 0.25) is 0 Å². The van der Waals surface area contributed by atoms with E-state index >= 15 is 0 Å². The molecule has 0 saturated carbocycles. The maximum Gasteiger partial charge on any atom is 0.417 e. The highest BCUT2D eigenvalue weighted by molar-refractivity contribution is 5.40. The summed E-state index contributed by atoms with van der Waals surface area (Å²) in [7, 11) is 0. The number of anilines is 1. The number of hydrogen-bond acceptors (Lipinski definition) is 4. The van der Waals surface area contributed by atoms with Gasteiger partial charge < -0.3 is 14.8 Å². The Kier molecular flexibility index (Phi) is 5.89. The number of benzene rings is 1. The van der Waals surface area contributed by atoms with Gasteiger partial charge in [0.15, 0.2) is 0 Å². The Balaban J connectivity index is 1.75. The summed E-state index contributed by atoms with van der Waals surface area (Å²) in [6.07, 6.45) is -1.87. The van der Waals surface area contributed by atoms with E-state index < -0.39 is 11.7 Å². The number of halogens is 3. The lowest BCUT2D eigenvalue weighted by Crippen LogP contribution is -2.40. The van der Waals surface area contributed by atoms with E-state index in [0.29, 0.717) is 32.2 Å². The summed E-state index contributed by atoms with van der Waals surface area (Å²) in [4.78, 5) is 3.91. The van der Waals surface area contributed by atoms with Crippen LogP contribution >= 0.6 is 0 Å². The van der Waals surface area contributed by atoms with Gasteiger partial charge in [-0.1, -0.05) is 12.1 Å². The first-order chi connectivity index (χ1) is 12.9. The molecule has 1 N–H and O–H groups in total. The summed E-state index contributed by atoms with van der Waals surface area (Å²) < 4.78 is 49.1. The van der Waals surface area contributed by atoms with Gasteiger partial charge in [-0.3, -0.25) is 0 Å². The highest BCUT2D eigenvalue weighted by Crippen LogP contribution is 2.36. The van der Waals surface area contributed by atoms with Gasteiger partial charge in [0.25, 0.3) is 0 Å². The Hall–Kier alpha value is -2.28. The molecule has 7 heteroatoms. The van der Waals surface area contributed by atoms with Crippen molar-refractivity contribution < 1.29 is 22.6 Å². The fourth-order valence-corrected chi connectivity index (χ4v) is 3.33. The first kappa shape index (κ1) is 19.5. The van der Waals surface area contributed by atoms with E-state index in [2.05, 4.69) is 22.4 Å². The van der Waals surface area contributed by atoms with E-state index in [-0.39, 0.29) is 5.41 Å². The van der Waals surface area contributed by atoms with Crippen LogP contribution in [-0.2, 0) is 16.3 Å². The Labute approximate surface area is 156 Å². The Morgan fingerprint density at radius 1 is 1.11 bits per heavy atom. The zero-order valence-corrected chi connectivity index (χ0v) is 15.2. The summed E-state index contributed by atoms with van der Waals surface area (Å²) in [5.74, 6) is 1.25. The Morgan fingerprint density at radius 2 is 1.81 bits per heavy atom. The van der Waals surface area contributed by atoms with Crippen molar-refractivity contribution in [1.29, 1.82) is 0 Å². The van der Waals surface area contributed by atoms with Gasteiger partial charge in [0.05, 0.1) is 12.2 Å². The second-order valence-electron chi connectivity index (χ2n) is 6.63. The van der Waals surface area contributed by atoms with Crippen LogP contribution < -0.4 is 10.1 Å². The molecule has 1 aliphatic rings. The minimum Gasteiger partial charge on any atom is -0.494 e. The lowest BCUT2D eigenvalue weighted by atomic mass is 9.74. The molecule has 0 bridgehead atoms. The van der Waals surface area contributed by atoms with Gasteiger partial charge >= 0.3 is 6.18 Å². The van der Waals surface area contributed by atoms with E-state index in [9.17, 15) is 13.2 Å². The van der Waals surface area contributed by atoms with Gasteiger partial charge in [-0.15, -0.1) is 0 Å². The maximum absolute atomic E-state index is 12.7. The normalized spacial score (nSPS) is 16.7. The molecule has 27 heavy (non-hydrogen) atoms. The fourth-order valence-electron chi connectivity index (χ4n) is 3.33. The van der Waals surface area contributed by atoms with Crippen LogP contribution in [0.5, 0.6) is 5.75 Å². The van der Waals surface area contributed by atoms with Gasteiger partial charge in [0, 0.05) is 31.4 Å². The first-order valence-corrected chi connectivity index (χ1v) is 9.01. The molecule has 1 saturated heterocycles. The molecule has 0 atom stereocenters. The van der Waals surface area contributed by atoms with Crippen molar-refractivity contribution in [2.75, 3.05) is 31.7 Å². The number of pyridine rings is 1. The van der Waals surface area contributed by atoms with Crippen molar-refractivity contribution in [3.05, 3.63) is 53.7 Å². The van der Waals surface area contributed by atoms with Crippen LogP contribution in [0, 0.1) is 0 Å². The quantitative estimate of drug-likeness (QED) is 0.792. The number of alkyl halides is 3. The van der Waals surface area contributed by atoms with Crippen molar-refractivity contribution in [2.45, 2.75) is 31.4 Å². The summed E-state index contributed by atoms with van der Waals surface area (Å²) >= 11 is 0. The maximum atomic E-state index is 12.7. The number of nitrogens with one attached hydrogen (secondary N) is 1. The standard InChI is InChI=1S/C20H23F3N2O2/c1-2-27-17-6-3-15(4-7-17)19(9-11-26-12-10-19)14-25-18-8-5-16(13-24-18)20(21,22)23/h3-8,13H,2,9-12,14H2,1H3,(H,24,25). The van der Waals surface area contributed by atoms with Crippen molar-refractivity contribution in [1.82, 2.24) is 4.98 Å². The summed E-state index contributed by atoms with van der Waals surface area (Å²) in [6.45, 7) is 4.42. The summed E-state index contributed by atoms with van der Waals surface area (Å²) in [5.41, 5.74) is 0.252. The van der Waals surface area contributed by atoms with E-state index in [0.717, 1.165) is 36.4 Å². The van der Waals surface area contributed by atoms with Crippen molar-refractivity contribution in [3.63, 3.8) is 0 Å². The topological polar surface area (TPSA) is 43.4 Å². The highest BCUT2D eigenvalue weighted by Gasteiger charge is 2.35. The first-order valence-electron chi connectivity index (χ1n) is 9.01. The molecule has 3 rings (SSSR count). The molecule has 0 aliphatic carbocycles. The SMILES string of the molecule is CCOc1ccc(C2(CNc3ccc(C(F)(F)F)cn3)CCOCC2)cc1. The van der Waals surface area contributed by atoms with Crippen LogP contribution in [0.1, 0.15) is 30.9 Å². The number of hydrogen-bond donors (Lipinski definition) is 1. The van der Waals surface area contributed by atoms with Gasteiger partial charge in [-0.2, -0.15) is 13.2 Å². The second-order valence-corrected chi connectivity index (χ2v) is 6.63.